The number of rotatable bonds is 24. The number of carbonyl (C=O) groups is 4. The second kappa shape index (κ2) is 27.5. The number of aliphatic hydroxyl groups excluding tert-OH is 1. The number of hydrogen-bond acceptors (Lipinski definition) is 16. The molecule has 2 aliphatic heterocycles. The number of sulfone groups is 1. The Bertz CT molecular complexity index is 3070. The number of para-hydroxylation sites is 1. The van der Waals surface area contributed by atoms with E-state index >= 15 is 0 Å². The Balaban J connectivity index is 0.820. The summed E-state index contributed by atoms with van der Waals surface area (Å²) in [5.74, 6) is 0.0456. The van der Waals surface area contributed by atoms with Gasteiger partial charge in [0.05, 0.1) is 88.9 Å². The Morgan fingerprint density at radius 2 is 1.57 bits per heavy atom. The van der Waals surface area contributed by atoms with E-state index in [2.05, 4.69) is 36.2 Å². The summed E-state index contributed by atoms with van der Waals surface area (Å²) < 4.78 is 44.0. The molecule has 22 heteroatoms. The van der Waals surface area contributed by atoms with Crippen LogP contribution in [0, 0.1) is 19.3 Å². The molecular weight excluding hydrogens is 1080 g/mol. The van der Waals surface area contributed by atoms with E-state index in [-0.39, 0.29) is 104 Å². The molecule has 0 radical (unpaired) electrons. The highest BCUT2D eigenvalue weighted by atomic mass is 35.5. The third-order valence-corrected chi connectivity index (χ3v) is 17.6. The van der Waals surface area contributed by atoms with Gasteiger partial charge in [0, 0.05) is 39.0 Å². The second-order valence-corrected chi connectivity index (χ2v) is 25.7. The van der Waals surface area contributed by atoms with Gasteiger partial charge in [0.2, 0.25) is 29.6 Å². The molecule has 3 atom stereocenters. The fourth-order valence-electron chi connectivity index (χ4n) is 9.69. The van der Waals surface area contributed by atoms with Gasteiger partial charge in [-0.1, -0.05) is 68.8 Å². The van der Waals surface area contributed by atoms with Gasteiger partial charge in [-0.25, -0.2) is 18.4 Å². The minimum atomic E-state index is -3.61. The van der Waals surface area contributed by atoms with E-state index in [1.54, 1.807) is 49.4 Å². The molecule has 1 unspecified atom stereocenters. The number of nitrogens with zero attached hydrogens (tertiary/aromatic N) is 5. The van der Waals surface area contributed by atoms with Gasteiger partial charge in [0.25, 0.3) is 0 Å². The van der Waals surface area contributed by atoms with Crippen molar-refractivity contribution in [2.24, 2.45) is 5.41 Å². The molecule has 0 spiro atoms. The number of β-amino-alcohol motifs (C(OH)–C–C–N with tert-alkyl or cyclic N) is 1. The average molecular weight is 1160 g/mol. The predicted octanol–water partition coefficient (Wildman–Crippen LogP) is 8.66. The molecule has 2 aromatic heterocycles. The number of ether oxygens (including phenoxy) is 3. The number of benzene rings is 3. The van der Waals surface area contributed by atoms with E-state index < -0.39 is 50.5 Å². The first-order chi connectivity index (χ1) is 38.0. The van der Waals surface area contributed by atoms with E-state index in [9.17, 15) is 32.7 Å². The lowest BCUT2D eigenvalue weighted by Crippen LogP contribution is -2.57. The first-order valence-electron chi connectivity index (χ1n) is 27.2. The van der Waals surface area contributed by atoms with E-state index in [1.807, 2.05) is 95.3 Å². The monoisotopic (exact) mass is 1160 g/mol. The Morgan fingerprint density at radius 3 is 2.23 bits per heavy atom. The number of halogens is 1. The van der Waals surface area contributed by atoms with Crippen LogP contribution in [0.25, 0.3) is 10.4 Å². The van der Waals surface area contributed by atoms with Gasteiger partial charge in [-0.2, -0.15) is 4.98 Å². The van der Waals surface area contributed by atoms with Crippen LogP contribution in [-0.2, 0) is 45.0 Å². The fraction of sp³-hybridized carbons (Fsp3) is 0.500. The van der Waals surface area contributed by atoms with Crippen molar-refractivity contribution in [2.45, 2.75) is 141 Å². The molecule has 3 aromatic carbocycles. The molecule has 5 aromatic rings. The van der Waals surface area contributed by atoms with Gasteiger partial charge in [-0.15, -0.1) is 11.3 Å². The zero-order valence-corrected chi connectivity index (χ0v) is 49.5. The minimum absolute atomic E-state index is 0.00509. The second-order valence-electron chi connectivity index (χ2n) is 21.9. The van der Waals surface area contributed by atoms with Crippen molar-refractivity contribution in [3.8, 4) is 16.2 Å². The first-order valence-corrected chi connectivity index (χ1v) is 30.0. The van der Waals surface area contributed by atoms with Crippen LogP contribution < -0.4 is 26.0 Å². The van der Waals surface area contributed by atoms with Crippen molar-refractivity contribution < 1.29 is 46.9 Å². The molecule has 432 valence electrons. The van der Waals surface area contributed by atoms with Crippen LogP contribution in [0.1, 0.15) is 109 Å². The van der Waals surface area contributed by atoms with E-state index in [0.717, 1.165) is 45.7 Å². The lowest BCUT2D eigenvalue weighted by atomic mass is 9.85. The number of anilines is 4. The lowest BCUT2D eigenvalue weighted by molar-refractivity contribution is -0.144. The van der Waals surface area contributed by atoms with Gasteiger partial charge in [-0.3, -0.25) is 19.2 Å². The standard InChI is InChI=1S/C58H76ClN9O10S2/c1-35(2)78-48-30-43(37(5)28-46(48)64-57-61-32-44(59)54(66-57)63-45-12-10-11-13-49(45)80(74,75)36(3)4)40-18-22-67(23-19-40)51(71)21-25-77-27-26-76-24-20-50(70)65-53(58(7,8)9)56(73)68-33-42(69)29-47(68)55(72)60-31-39-14-16-41(17-15-39)52-38(6)62-34-79-52/h10-17,28,30,32,34-36,40,42,47,53,69H,18-27,29,31,33H2,1-9H3,(H,60,72)(H,65,70)(H2,61,63,64,66)/t42-,47+,53?/m1/s1. The first kappa shape index (κ1) is 61.4. The number of amides is 4. The van der Waals surface area contributed by atoms with E-state index in [4.69, 9.17) is 25.8 Å². The summed E-state index contributed by atoms with van der Waals surface area (Å²) in [6, 6.07) is 16.6. The maximum absolute atomic E-state index is 14.0. The van der Waals surface area contributed by atoms with Crippen molar-refractivity contribution in [3.63, 3.8) is 0 Å². The molecular formula is C58H76ClN9O10S2. The van der Waals surface area contributed by atoms with Crippen molar-refractivity contribution in [3.05, 3.63) is 99.8 Å². The van der Waals surface area contributed by atoms with Crippen LogP contribution in [0.3, 0.4) is 0 Å². The summed E-state index contributed by atoms with van der Waals surface area (Å²) in [5.41, 5.74) is 7.13. The number of carbonyl (C=O) groups excluding carboxylic acids is 4. The average Bonchev–Trinajstić information content (AvgIpc) is 4.04. The number of likely N-dealkylation sites (tertiary alicyclic amines) is 2. The molecule has 0 bridgehead atoms. The van der Waals surface area contributed by atoms with Gasteiger partial charge >= 0.3 is 0 Å². The quantitative estimate of drug-likeness (QED) is 0.0363. The highest BCUT2D eigenvalue weighted by Gasteiger charge is 2.44. The van der Waals surface area contributed by atoms with Gasteiger partial charge < -0.3 is 50.4 Å². The molecule has 4 heterocycles. The van der Waals surface area contributed by atoms with Crippen molar-refractivity contribution in [2.75, 3.05) is 56.7 Å². The van der Waals surface area contributed by atoms with Crippen LogP contribution in [0.4, 0.5) is 23.1 Å². The summed E-state index contributed by atoms with van der Waals surface area (Å²) in [6.07, 6.45) is 2.23. The minimum Gasteiger partial charge on any atom is -0.489 e. The van der Waals surface area contributed by atoms with Crippen LogP contribution in [0.15, 0.2) is 77.3 Å². The third kappa shape index (κ3) is 16.0. The van der Waals surface area contributed by atoms with Gasteiger partial charge in [0.15, 0.2) is 15.7 Å². The SMILES string of the molecule is Cc1cc(Nc2ncc(Cl)c(Nc3ccccc3S(=O)(=O)C(C)C)n2)c(OC(C)C)cc1C1CCN(C(=O)CCOCCOCCC(=O)NC(C(=O)N2C[C@H](O)C[C@H]2C(=O)NCc2ccc(-c3scnc3C)cc2)C(C)(C)C)CC1. The highest BCUT2D eigenvalue weighted by Crippen LogP contribution is 2.39. The molecule has 5 N–H and O–H groups in total. The molecule has 2 fully saturated rings. The number of hydrogen-bond donors (Lipinski definition) is 5. The highest BCUT2D eigenvalue weighted by molar-refractivity contribution is 7.92. The Kier molecular flexibility index (Phi) is 21.1. The van der Waals surface area contributed by atoms with Gasteiger partial charge in [-0.05, 0) is 112 Å². The molecule has 0 saturated carbocycles. The smallest absolute Gasteiger partial charge is 0.246 e. The molecule has 80 heavy (non-hydrogen) atoms. The zero-order chi connectivity index (χ0) is 57.9. The molecule has 2 aliphatic rings. The number of aryl methyl sites for hydroxylation is 2. The number of aliphatic hydroxyl groups is 1. The Morgan fingerprint density at radius 1 is 0.887 bits per heavy atom. The predicted molar refractivity (Wildman–Crippen MR) is 310 cm³/mol. The van der Waals surface area contributed by atoms with Crippen LogP contribution in [0.2, 0.25) is 5.02 Å². The molecule has 4 amide bonds. The summed E-state index contributed by atoms with van der Waals surface area (Å²) in [5, 5.41) is 22.4. The van der Waals surface area contributed by atoms with Crippen LogP contribution >= 0.6 is 22.9 Å². The maximum Gasteiger partial charge on any atom is 0.246 e. The number of piperidine rings is 1. The summed E-state index contributed by atoms with van der Waals surface area (Å²) in [7, 11) is -3.61. The number of nitrogens with one attached hydrogen (secondary N) is 4. The van der Waals surface area contributed by atoms with Crippen molar-refractivity contribution >= 4 is 79.5 Å². The van der Waals surface area contributed by atoms with E-state index in [0.29, 0.717) is 30.2 Å². The van der Waals surface area contributed by atoms with Crippen LogP contribution in [0.5, 0.6) is 5.75 Å². The Hall–Kier alpha value is -6.23. The summed E-state index contributed by atoms with van der Waals surface area (Å²) in [4.78, 5) is 71.8. The Labute approximate surface area is 478 Å². The summed E-state index contributed by atoms with van der Waals surface area (Å²) in [6.45, 7) is 18.8. The molecule has 0 aliphatic carbocycles. The molecule has 19 nitrogen and oxygen atoms in total. The third-order valence-electron chi connectivity index (χ3n) is 14.1. The number of thiazole rings is 1. The molecule has 2 saturated heterocycles. The largest absolute Gasteiger partial charge is 0.489 e. The van der Waals surface area contributed by atoms with Crippen molar-refractivity contribution in [1.29, 1.82) is 0 Å². The molecule has 7 rings (SSSR count). The van der Waals surface area contributed by atoms with Gasteiger partial charge in [0.1, 0.15) is 22.9 Å². The lowest BCUT2D eigenvalue weighted by Gasteiger charge is -2.35. The topological polar surface area (TPSA) is 244 Å². The number of aromatic nitrogens is 3. The van der Waals surface area contributed by atoms with E-state index in [1.165, 1.54) is 11.1 Å². The zero-order valence-electron chi connectivity index (χ0n) is 47.1. The van der Waals surface area contributed by atoms with Crippen molar-refractivity contribution in [1.82, 2.24) is 35.4 Å². The normalized spacial score (nSPS) is 16.5. The fourth-order valence-corrected chi connectivity index (χ4v) is 11.8. The maximum atomic E-state index is 14.0. The summed E-state index contributed by atoms with van der Waals surface area (Å²) >= 11 is 8.09. The van der Waals surface area contributed by atoms with Crippen LogP contribution in [-0.4, -0.2) is 138 Å².